The number of nitrogens with zero attached hydrogens (tertiary/aromatic N) is 2. The van der Waals surface area contributed by atoms with Crippen LogP contribution in [0.15, 0.2) is 18.2 Å². The Bertz CT molecular complexity index is 457. The molecule has 0 bridgehead atoms. The highest BCUT2D eigenvalue weighted by molar-refractivity contribution is 5.37. The van der Waals surface area contributed by atoms with E-state index in [1.54, 1.807) is 0 Å². The van der Waals surface area contributed by atoms with Crippen LogP contribution in [0.2, 0.25) is 0 Å². The van der Waals surface area contributed by atoms with Crippen LogP contribution in [0.3, 0.4) is 0 Å². The highest BCUT2D eigenvalue weighted by Crippen LogP contribution is 2.24. The van der Waals surface area contributed by atoms with E-state index in [0.29, 0.717) is 0 Å². The first-order valence-electron chi connectivity index (χ1n) is 7.48. The molecule has 1 aromatic rings. The fourth-order valence-electron chi connectivity index (χ4n) is 3.09. The number of nitriles is 1. The molecule has 1 unspecified atom stereocenters. The SMILES string of the molecule is CCCC1CCCCN1Cc1ccc(C#N)cc1C. The lowest BCUT2D eigenvalue weighted by Gasteiger charge is -2.36. The van der Waals surface area contributed by atoms with E-state index in [1.165, 1.54) is 49.8 Å². The van der Waals surface area contributed by atoms with E-state index in [1.807, 2.05) is 12.1 Å². The van der Waals surface area contributed by atoms with Gasteiger partial charge in [0.25, 0.3) is 0 Å². The normalized spacial score (nSPS) is 20.2. The number of rotatable bonds is 4. The first kappa shape index (κ1) is 14.1. The molecular formula is C17H24N2. The van der Waals surface area contributed by atoms with Gasteiger partial charge in [0.1, 0.15) is 0 Å². The highest BCUT2D eigenvalue weighted by Gasteiger charge is 2.21. The Labute approximate surface area is 117 Å². The van der Waals surface area contributed by atoms with Gasteiger partial charge in [-0.1, -0.05) is 25.8 Å². The van der Waals surface area contributed by atoms with E-state index in [2.05, 4.69) is 30.9 Å². The minimum atomic E-state index is 0.758. The zero-order chi connectivity index (χ0) is 13.7. The van der Waals surface area contributed by atoms with Crippen LogP contribution in [0.5, 0.6) is 0 Å². The Balaban J connectivity index is 2.08. The quantitative estimate of drug-likeness (QED) is 0.813. The molecule has 0 saturated carbocycles. The second-order valence-electron chi connectivity index (χ2n) is 5.66. The summed E-state index contributed by atoms with van der Waals surface area (Å²) in [5.74, 6) is 0. The van der Waals surface area contributed by atoms with Crippen LogP contribution in [0, 0.1) is 18.3 Å². The maximum absolute atomic E-state index is 8.93. The molecular weight excluding hydrogens is 232 g/mol. The molecule has 1 aliphatic rings. The van der Waals surface area contributed by atoms with Gasteiger partial charge in [0.2, 0.25) is 0 Å². The maximum atomic E-state index is 8.93. The van der Waals surface area contributed by atoms with Gasteiger partial charge in [-0.05, 0) is 56.0 Å². The zero-order valence-electron chi connectivity index (χ0n) is 12.2. The Kier molecular flexibility index (Phi) is 4.99. The first-order valence-corrected chi connectivity index (χ1v) is 7.48. The molecule has 2 rings (SSSR count). The van der Waals surface area contributed by atoms with Crippen molar-refractivity contribution >= 4 is 0 Å². The van der Waals surface area contributed by atoms with Crippen LogP contribution in [0.1, 0.15) is 55.7 Å². The molecule has 0 aliphatic carbocycles. The van der Waals surface area contributed by atoms with Crippen LogP contribution >= 0.6 is 0 Å². The van der Waals surface area contributed by atoms with Gasteiger partial charge in [0, 0.05) is 12.6 Å². The van der Waals surface area contributed by atoms with Crippen molar-refractivity contribution in [3.8, 4) is 6.07 Å². The molecule has 1 saturated heterocycles. The van der Waals surface area contributed by atoms with Crippen LogP contribution in [-0.2, 0) is 6.54 Å². The smallest absolute Gasteiger partial charge is 0.0991 e. The molecule has 19 heavy (non-hydrogen) atoms. The molecule has 2 heteroatoms. The summed E-state index contributed by atoms with van der Waals surface area (Å²) in [7, 11) is 0. The summed E-state index contributed by atoms with van der Waals surface area (Å²) in [6.45, 7) is 6.67. The van der Waals surface area contributed by atoms with Crippen molar-refractivity contribution in [3.05, 3.63) is 34.9 Å². The number of aryl methyl sites for hydroxylation is 1. The van der Waals surface area contributed by atoms with Gasteiger partial charge in [-0.15, -0.1) is 0 Å². The van der Waals surface area contributed by atoms with Gasteiger partial charge in [-0.3, -0.25) is 4.90 Å². The van der Waals surface area contributed by atoms with Crippen molar-refractivity contribution in [2.24, 2.45) is 0 Å². The summed E-state index contributed by atoms with van der Waals surface area (Å²) < 4.78 is 0. The summed E-state index contributed by atoms with van der Waals surface area (Å²) >= 11 is 0. The minimum Gasteiger partial charge on any atom is -0.296 e. The predicted octanol–water partition coefficient (Wildman–Crippen LogP) is 4.02. The molecule has 2 nitrogen and oxygen atoms in total. The van der Waals surface area contributed by atoms with Gasteiger partial charge >= 0.3 is 0 Å². The van der Waals surface area contributed by atoms with Crippen molar-refractivity contribution in [2.75, 3.05) is 6.54 Å². The summed E-state index contributed by atoms with van der Waals surface area (Å²) in [5, 5.41) is 8.93. The van der Waals surface area contributed by atoms with E-state index in [-0.39, 0.29) is 0 Å². The molecule has 0 radical (unpaired) electrons. The van der Waals surface area contributed by atoms with E-state index < -0.39 is 0 Å². The predicted molar refractivity (Wildman–Crippen MR) is 78.9 cm³/mol. The van der Waals surface area contributed by atoms with E-state index in [0.717, 1.165) is 18.2 Å². The monoisotopic (exact) mass is 256 g/mol. The maximum Gasteiger partial charge on any atom is 0.0991 e. The number of hydrogen-bond donors (Lipinski definition) is 0. The van der Waals surface area contributed by atoms with Crippen LogP contribution < -0.4 is 0 Å². The van der Waals surface area contributed by atoms with Crippen LogP contribution in [0.25, 0.3) is 0 Å². The average molecular weight is 256 g/mol. The van der Waals surface area contributed by atoms with Gasteiger partial charge < -0.3 is 0 Å². The third-order valence-corrected chi connectivity index (χ3v) is 4.22. The Morgan fingerprint density at radius 1 is 1.37 bits per heavy atom. The van der Waals surface area contributed by atoms with E-state index >= 15 is 0 Å². The first-order chi connectivity index (χ1) is 9.24. The third kappa shape index (κ3) is 3.58. The number of piperidine rings is 1. The molecule has 0 N–H and O–H groups in total. The number of benzene rings is 1. The van der Waals surface area contributed by atoms with Gasteiger partial charge in [-0.2, -0.15) is 5.26 Å². The fourth-order valence-corrected chi connectivity index (χ4v) is 3.09. The standard InChI is InChI=1S/C17H24N2/c1-3-6-17-7-4-5-10-19(17)13-16-9-8-15(12-18)11-14(16)2/h8-9,11,17H,3-7,10,13H2,1-2H3. The van der Waals surface area contributed by atoms with Gasteiger partial charge in [0.15, 0.2) is 0 Å². The third-order valence-electron chi connectivity index (χ3n) is 4.22. The van der Waals surface area contributed by atoms with Crippen LogP contribution in [0.4, 0.5) is 0 Å². The molecule has 0 spiro atoms. The van der Waals surface area contributed by atoms with Crippen molar-refractivity contribution in [3.63, 3.8) is 0 Å². The van der Waals surface area contributed by atoms with Crippen molar-refractivity contribution in [2.45, 2.75) is 58.5 Å². The number of likely N-dealkylation sites (tertiary alicyclic amines) is 1. The number of hydrogen-bond acceptors (Lipinski definition) is 2. The van der Waals surface area contributed by atoms with Crippen LogP contribution in [-0.4, -0.2) is 17.5 Å². The molecule has 1 atom stereocenters. The van der Waals surface area contributed by atoms with E-state index in [9.17, 15) is 0 Å². The topological polar surface area (TPSA) is 27.0 Å². The summed E-state index contributed by atoms with van der Waals surface area (Å²) in [6.07, 6.45) is 6.65. The van der Waals surface area contributed by atoms with Crippen molar-refractivity contribution < 1.29 is 0 Å². The molecule has 1 fully saturated rings. The lowest BCUT2D eigenvalue weighted by Crippen LogP contribution is -2.38. The molecule has 102 valence electrons. The molecule has 1 aliphatic heterocycles. The van der Waals surface area contributed by atoms with E-state index in [4.69, 9.17) is 5.26 Å². The fraction of sp³-hybridized carbons (Fsp3) is 0.588. The molecule has 1 aromatic carbocycles. The Morgan fingerprint density at radius 2 is 2.21 bits per heavy atom. The summed E-state index contributed by atoms with van der Waals surface area (Å²) in [5.41, 5.74) is 3.40. The van der Waals surface area contributed by atoms with Gasteiger partial charge in [-0.25, -0.2) is 0 Å². The average Bonchev–Trinajstić information content (AvgIpc) is 2.43. The Morgan fingerprint density at radius 3 is 2.89 bits per heavy atom. The summed E-state index contributed by atoms with van der Waals surface area (Å²) in [4.78, 5) is 2.64. The minimum absolute atomic E-state index is 0.758. The molecule has 0 aromatic heterocycles. The second-order valence-corrected chi connectivity index (χ2v) is 5.66. The lowest BCUT2D eigenvalue weighted by molar-refractivity contribution is 0.131. The largest absolute Gasteiger partial charge is 0.296 e. The molecule has 1 heterocycles. The second kappa shape index (κ2) is 6.73. The van der Waals surface area contributed by atoms with Gasteiger partial charge in [0.05, 0.1) is 11.6 Å². The molecule has 0 amide bonds. The highest BCUT2D eigenvalue weighted by atomic mass is 15.2. The lowest BCUT2D eigenvalue weighted by atomic mass is 9.96. The van der Waals surface area contributed by atoms with Crippen molar-refractivity contribution in [1.29, 1.82) is 5.26 Å². The summed E-state index contributed by atoms with van der Waals surface area (Å²) in [6, 6.07) is 9.06. The zero-order valence-corrected chi connectivity index (χ0v) is 12.2. The Hall–Kier alpha value is -1.33. The van der Waals surface area contributed by atoms with Crippen molar-refractivity contribution in [1.82, 2.24) is 4.90 Å².